The normalized spacial score (nSPS) is 10.5. The van der Waals surface area contributed by atoms with E-state index in [2.05, 4.69) is 11.4 Å². The van der Waals surface area contributed by atoms with Gasteiger partial charge in [0.15, 0.2) is 0 Å². The van der Waals surface area contributed by atoms with Gasteiger partial charge in [0.2, 0.25) is 0 Å². The standard InChI is InChI=1S/C10H12ClN/c1-12-10-6-2-4-9(8-10)5-3-7-11/h2-6,8,12H,7H2,1H3. The Morgan fingerprint density at radius 3 is 3.00 bits per heavy atom. The van der Waals surface area contributed by atoms with Gasteiger partial charge in [-0.15, -0.1) is 11.6 Å². The fraction of sp³-hybridized carbons (Fsp3) is 0.200. The first-order valence-corrected chi connectivity index (χ1v) is 4.40. The highest BCUT2D eigenvalue weighted by Gasteiger charge is 1.88. The molecule has 1 N–H and O–H groups in total. The predicted molar refractivity (Wildman–Crippen MR) is 55.7 cm³/mol. The third-order valence-corrected chi connectivity index (χ3v) is 1.75. The summed E-state index contributed by atoms with van der Waals surface area (Å²) in [4.78, 5) is 0. The minimum absolute atomic E-state index is 0.559. The van der Waals surface area contributed by atoms with Crippen LogP contribution in [-0.2, 0) is 0 Å². The number of nitrogens with one attached hydrogen (secondary N) is 1. The highest BCUT2D eigenvalue weighted by atomic mass is 35.5. The van der Waals surface area contributed by atoms with Gasteiger partial charge >= 0.3 is 0 Å². The average molecular weight is 182 g/mol. The molecule has 0 aliphatic rings. The van der Waals surface area contributed by atoms with Gasteiger partial charge in [-0.3, -0.25) is 0 Å². The van der Waals surface area contributed by atoms with Gasteiger partial charge in [0.05, 0.1) is 0 Å². The third-order valence-electron chi connectivity index (χ3n) is 1.57. The molecule has 64 valence electrons. The van der Waals surface area contributed by atoms with Crippen LogP contribution in [0.5, 0.6) is 0 Å². The number of anilines is 1. The van der Waals surface area contributed by atoms with Crippen LogP contribution in [0.15, 0.2) is 30.3 Å². The van der Waals surface area contributed by atoms with Gasteiger partial charge in [-0.25, -0.2) is 0 Å². The van der Waals surface area contributed by atoms with Gasteiger partial charge in [-0.05, 0) is 17.7 Å². The zero-order chi connectivity index (χ0) is 8.81. The van der Waals surface area contributed by atoms with Crippen molar-refractivity contribution < 1.29 is 0 Å². The molecule has 0 aliphatic heterocycles. The lowest BCUT2D eigenvalue weighted by molar-refractivity contribution is 1.50. The van der Waals surface area contributed by atoms with Crippen molar-refractivity contribution in [3.63, 3.8) is 0 Å². The molecule has 0 aromatic heterocycles. The van der Waals surface area contributed by atoms with Gasteiger partial charge in [0.25, 0.3) is 0 Å². The lowest BCUT2D eigenvalue weighted by atomic mass is 10.2. The number of allylic oxidation sites excluding steroid dienone is 1. The Morgan fingerprint density at radius 1 is 1.50 bits per heavy atom. The van der Waals surface area contributed by atoms with Gasteiger partial charge in [-0.2, -0.15) is 0 Å². The molecule has 0 heterocycles. The first-order chi connectivity index (χ1) is 5.86. The SMILES string of the molecule is CNc1cccc(C=CCCl)c1. The summed E-state index contributed by atoms with van der Waals surface area (Å²) < 4.78 is 0. The van der Waals surface area contributed by atoms with E-state index in [1.807, 2.05) is 37.4 Å². The molecule has 12 heavy (non-hydrogen) atoms. The molecule has 0 atom stereocenters. The number of hydrogen-bond donors (Lipinski definition) is 1. The van der Waals surface area contributed by atoms with Crippen molar-refractivity contribution in [2.75, 3.05) is 18.2 Å². The molecule has 1 nitrogen and oxygen atoms in total. The Bertz CT molecular complexity index is 268. The Morgan fingerprint density at radius 2 is 2.33 bits per heavy atom. The van der Waals surface area contributed by atoms with Crippen LogP contribution < -0.4 is 5.32 Å². The van der Waals surface area contributed by atoms with E-state index in [1.54, 1.807) is 0 Å². The summed E-state index contributed by atoms with van der Waals surface area (Å²) in [5, 5.41) is 3.08. The van der Waals surface area contributed by atoms with Crippen LogP contribution in [0.3, 0.4) is 0 Å². The van der Waals surface area contributed by atoms with Crippen LogP contribution in [0.1, 0.15) is 5.56 Å². The molecule has 0 aliphatic carbocycles. The fourth-order valence-corrected chi connectivity index (χ4v) is 1.07. The maximum atomic E-state index is 5.52. The van der Waals surface area contributed by atoms with Gasteiger partial charge in [-0.1, -0.05) is 24.3 Å². The molecular formula is C10H12ClN. The van der Waals surface area contributed by atoms with E-state index in [4.69, 9.17) is 11.6 Å². The summed E-state index contributed by atoms with van der Waals surface area (Å²) >= 11 is 5.52. The Balaban J connectivity index is 2.79. The van der Waals surface area contributed by atoms with Crippen molar-refractivity contribution >= 4 is 23.4 Å². The summed E-state index contributed by atoms with van der Waals surface area (Å²) in [6.07, 6.45) is 3.93. The molecule has 0 saturated heterocycles. The van der Waals surface area contributed by atoms with Crippen LogP contribution in [0.25, 0.3) is 6.08 Å². The van der Waals surface area contributed by atoms with E-state index in [-0.39, 0.29) is 0 Å². The molecule has 0 unspecified atom stereocenters. The van der Waals surface area contributed by atoms with Crippen molar-refractivity contribution in [1.82, 2.24) is 0 Å². The van der Waals surface area contributed by atoms with E-state index in [9.17, 15) is 0 Å². The van der Waals surface area contributed by atoms with E-state index in [0.717, 1.165) is 5.69 Å². The van der Waals surface area contributed by atoms with E-state index in [0.29, 0.717) is 5.88 Å². The van der Waals surface area contributed by atoms with Crippen LogP contribution in [0, 0.1) is 0 Å². The Labute approximate surface area is 78.1 Å². The van der Waals surface area contributed by atoms with Crippen molar-refractivity contribution in [1.29, 1.82) is 0 Å². The zero-order valence-electron chi connectivity index (χ0n) is 7.05. The number of alkyl halides is 1. The largest absolute Gasteiger partial charge is 0.388 e. The van der Waals surface area contributed by atoms with Gasteiger partial charge in [0, 0.05) is 18.6 Å². The topological polar surface area (TPSA) is 12.0 Å². The molecule has 0 bridgehead atoms. The van der Waals surface area contributed by atoms with Crippen LogP contribution >= 0.6 is 11.6 Å². The Kier molecular flexibility index (Phi) is 3.68. The molecule has 1 rings (SSSR count). The van der Waals surface area contributed by atoms with E-state index < -0.39 is 0 Å². The quantitative estimate of drug-likeness (QED) is 0.707. The summed E-state index contributed by atoms with van der Waals surface area (Å²) in [5.41, 5.74) is 2.29. The van der Waals surface area contributed by atoms with Crippen LogP contribution in [-0.4, -0.2) is 12.9 Å². The monoisotopic (exact) mass is 181 g/mol. The highest BCUT2D eigenvalue weighted by Crippen LogP contribution is 2.10. The fourth-order valence-electron chi connectivity index (χ4n) is 0.978. The summed E-state index contributed by atoms with van der Waals surface area (Å²) in [6.45, 7) is 0. The van der Waals surface area contributed by atoms with Crippen LogP contribution in [0.2, 0.25) is 0 Å². The number of rotatable bonds is 3. The van der Waals surface area contributed by atoms with E-state index in [1.165, 1.54) is 5.56 Å². The second kappa shape index (κ2) is 4.83. The summed E-state index contributed by atoms with van der Waals surface area (Å²) in [7, 11) is 1.91. The number of benzene rings is 1. The van der Waals surface area contributed by atoms with Gasteiger partial charge in [0.1, 0.15) is 0 Å². The van der Waals surface area contributed by atoms with Crippen LogP contribution in [0.4, 0.5) is 5.69 Å². The Hall–Kier alpha value is -0.950. The third kappa shape index (κ3) is 2.59. The van der Waals surface area contributed by atoms with E-state index >= 15 is 0 Å². The number of hydrogen-bond acceptors (Lipinski definition) is 1. The average Bonchev–Trinajstić information content (AvgIpc) is 2.15. The minimum atomic E-state index is 0.559. The molecule has 0 amide bonds. The molecular weight excluding hydrogens is 170 g/mol. The smallest absolute Gasteiger partial charge is 0.0407 e. The lowest BCUT2D eigenvalue weighted by Crippen LogP contribution is -1.86. The van der Waals surface area contributed by atoms with Crippen molar-refractivity contribution in [2.24, 2.45) is 0 Å². The minimum Gasteiger partial charge on any atom is -0.388 e. The maximum absolute atomic E-state index is 5.52. The van der Waals surface area contributed by atoms with Crippen molar-refractivity contribution in [2.45, 2.75) is 0 Å². The van der Waals surface area contributed by atoms with Crippen molar-refractivity contribution in [3.8, 4) is 0 Å². The van der Waals surface area contributed by atoms with Crippen molar-refractivity contribution in [3.05, 3.63) is 35.9 Å². The summed E-state index contributed by atoms with van der Waals surface area (Å²) in [6, 6.07) is 8.16. The van der Waals surface area contributed by atoms with Gasteiger partial charge < -0.3 is 5.32 Å². The highest BCUT2D eigenvalue weighted by molar-refractivity contribution is 6.19. The predicted octanol–water partition coefficient (Wildman–Crippen LogP) is 2.98. The first kappa shape index (κ1) is 9.14. The molecule has 1 aromatic rings. The number of halogens is 1. The second-order valence-corrected chi connectivity index (χ2v) is 2.74. The molecule has 0 spiro atoms. The molecule has 0 fully saturated rings. The molecule has 0 radical (unpaired) electrons. The summed E-state index contributed by atoms with van der Waals surface area (Å²) in [5.74, 6) is 0.559. The first-order valence-electron chi connectivity index (χ1n) is 3.87. The molecule has 2 heteroatoms. The molecule has 1 aromatic carbocycles. The maximum Gasteiger partial charge on any atom is 0.0407 e. The lowest BCUT2D eigenvalue weighted by Gasteiger charge is -1.99. The second-order valence-electron chi connectivity index (χ2n) is 2.43. The zero-order valence-corrected chi connectivity index (χ0v) is 7.81. The molecule has 0 saturated carbocycles.